The quantitative estimate of drug-likeness (QED) is 0.603. The number of fused-ring (bicyclic) bond motifs is 1. The van der Waals surface area contributed by atoms with E-state index < -0.39 is 4.92 Å². The molecule has 0 spiro atoms. The Morgan fingerprint density at radius 3 is 2.76 bits per heavy atom. The van der Waals surface area contributed by atoms with Crippen molar-refractivity contribution in [3.8, 4) is 0 Å². The highest BCUT2D eigenvalue weighted by Gasteiger charge is 2.16. The molecule has 0 unspecified atom stereocenters. The number of para-hydroxylation sites is 1. The molecule has 1 aromatic carbocycles. The molecular weight excluding hydrogens is 224 g/mol. The lowest BCUT2D eigenvalue weighted by molar-refractivity contribution is -0.383. The van der Waals surface area contributed by atoms with Gasteiger partial charge in [0.15, 0.2) is 5.43 Å². The first-order valence-corrected chi connectivity index (χ1v) is 4.96. The number of aromatic amines is 1. The van der Waals surface area contributed by atoms with Gasteiger partial charge in [0.05, 0.1) is 16.9 Å². The Balaban J connectivity index is 2.96. The van der Waals surface area contributed by atoms with E-state index in [9.17, 15) is 14.9 Å². The molecule has 0 amide bonds. The van der Waals surface area contributed by atoms with Crippen LogP contribution in [0, 0.1) is 17.0 Å². The lowest BCUT2D eigenvalue weighted by Gasteiger charge is -2.05. The minimum absolute atomic E-state index is 0.146. The minimum atomic E-state index is -0.545. The third-order valence-corrected chi connectivity index (χ3v) is 2.68. The summed E-state index contributed by atoms with van der Waals surface area (Å²) in [4.78, 5) is 25.0. The molecule has 6 heteroatoms. The Bertz CT molecular complexity index is 660. The van der Waals surface area contributed by atoms with Gasteiger partial charge < -0.3 is 10.1 Å². The van der Waals surface area contributed by atoms with Crippen molar-refractivity contribution in [1.29, 1.82) is 0 Å². The normalized spacial score (nSPS) is 10.7. The maximum absolute atomic E-state index is 12.0. The molecule has 0 atom stereocenters. The number of hydrogen-bond acceptors (Lipinski definition) is 4. The van der Waals surface area contributed by atoms with Crippen molar-refractivity contribution in [2.75, 3.05) is 0 Å². The summed E-state index contributed by atoms with van der Waals surface area (Å²) in [5.74, 6) is 0. The zero-order chi connectivity index (χ0) is 12.6. The number of nitrogens with one attached hydrogen (secondary N) is 1. The molecule has 2 N–H and O–H groups in total. The van der Waals surface area contributed by atoms with Crippen molar-refractivity contribution >= 4 is 16.6 Å². The number of H-pyrrole nitrogens is 1. The zero-order valence-electron chi connectivity index (χ0n) is 9.06. The maximum Gasteiger partial charge on any atom is 0.293 e. The van der Waals surface area contributed by atoms with Crippen LogP contribution in [0.2, 0.25) is 0 Å². The van der Waals surface area contributed by atoms with Crippen LogP contribution in [0.25, 0.3) is 10.9 Å². The smallest absolute Gasteiger partial charge is 0.293 e. The SMILES string of the molecule is Cc1[nH]c2c([N+](=O)[O-])cccc2c(=O)c1CO. The van der Waals surface area contributed by atoms with Crippen molar-refractivity contribution in [1.82, 2.24) is 4.98 Å². The van der Waals surface area contributed by atoms with Crippen molar-refractivity contribution in [3.63, 3.8) is 0 Å². The largest absolute Gasteiger partial charge is 0.391 e. The third kappa shape index (κ3) is 1.68. The lowest BCUT2D eigenvalue weighted by Crippen LogP contribution is -2.13. The van der Waals surface area contributed by atoms with Gasteiger partial charge in [-0.1, -0.05) is 6.07 Å². The fraction of sp³-hybridized carbons (Fsp3) is 0.182. The monoisotopic (exact) mass is 234 g/mol. The molecule has 88 valence electrons. The zero-order valence-corrected chi connectivity index (χ0v) is 9.06. The molecule has 1 heterocycles. The summed E-state index contributed by atoms with van der Waals surface area (Å²) >= 11 is 0. The van der Waals surface area contributed by atoms with Crippen LogP contribution in [0.5, 0.6) is 0 Å². The number of rotatable bonds is 2. The Kier molecular flexibility index (Phi) is 2.64. The highest BCUT2D eigenvalue weighted by Crippen LogP contribution is 2.22. The highest BCUT2D eigenvalue weighted by atomic mass is 16.6. The predicted octanol–water partition coefficient (Wildman–Crippen LogP) is 1.24. The van der Waals surface area contributed by atoms with Gasteiger partial charge in [-0.25, -0.2) is 0 Å². The fourth-order valence-corrected chi connectivity index (χ4v) is 1.80. The molecule has 2 rings (SSSR count). The van der Waals surface area contributed by atoms with E-state index in [1.165, 1.54) is 18.2 Å². The highest BCUT2D eigenvalue weighted by molar-refractivity contribution is 5.87. The molecule has 0 saturated carbocycles. The number of aryl methyl sites for hydroxylation is 1. The third-order valence-electron chi connectivity index (χ3n) is 2.68. The average Bonchev–Trinajstić information content (AvgIpc) is 2.28. The molecule has 2 aromatic rings. The van der Waals surface area contributed by atoms with Gasteiger partial charge in [-0.15, -0.1) is 0 Å². The van der Waals surface area contributed by atoms with E-state index in [0.717, 1.165) is 0 Å². The molecule has 0 aliphatic rings. The second-order valence-corrected chi connectivity index (χ2v) is 3.67. The summed E-state index contributed by atoms with van der Waals surface area (Å²) in [5, 5.41) is 20.1. The second-order valence-electron chi connectivity index (χ2n) is 3.67. The van der Waals surface area contributed by atoms with Gasteiger partial charge in [0.2, 0.25) is 0 Å². The van der Waals surface area contributed by atoms with Gasteiger partial charge in [-0.3, -0.25) is 14.9 Å². The molecule has 0 aliphatic heterocycles. The number of aromatic nitrogens is 1. The van der Waals surface area contributed by atoms with Crippen LogP contribution in [-0.2, 0) is 6.61 Å². The summed E-state index contributed by atoms with van der Waals surface area (Å²) in [6.07, 6.45) is 0. The average molecular weight is 234 g/mol. The molecule has 0 saturated heterocycles. The molecule has 0 bridgehead atoms. The Labute approximate surface area is 95.7 Å². The number of aliphatic hydroxyl groups excluding tert-OH is 1. The van der Waals surface area contributed by atoms with E-state index in [0.29, 0.717) is 5.69 Å². The van der Waals surface area contributed by atoms with Crippen LogP contribution < -0.4 is 5.43 Å². The molecule has 0 aliphatic carbocycles. The van der Waals surface area contributed by atoms with Crippen molar-refractivity contribution in [2.45, 2.75) is 13.5 Å². The number of nitro benzene ring substituents is 1. The number of pyridine rings is 1. The number of nitrogens with zero attached hydrogens (tertiary/aromatic N) is 1. The first-order chi connectivity index (χ1) is 8.06. The lowest BCUT2D eigenvalue weighted by atomic mass is 10.1. The van der Waals surface area contributed by atoms with Gasteiger partial charge in [-0.2, -0.15) is 0 Å². The van der Waals surface area contributed by atoms with Crippen molar-refractivity contribution < 1.29 is 10.0 Å². The number of aliphatic hydroxyl groups is 1. The molecule has 0 radical (unpaired) electrons. The fourth-order valence-electron chi connectivity index (χ4n) is 1.80. The van der Waals surface area contributed by atoms with E-state index in [1.54, 1.807) is 6.92 Å². The molecule has 1 aromatic heterocycles. The topological polar surface area (TPSA) is 96.2 Å². The molecule has 6 nitrogen and oxygen atoms in total. The van der Waals surface area contributed by atoms with Crippen LogP contribution in [0.1, 0.15) is 11.3 Å². The number of hydrogen-bond donors (Lipinski definition) is 2. The van der Waals surface area contributed by atoms with Gasteiger partial charge >= 0.3 is 0 Å². The summed E-state index contributed by atoms with van der Waals surface area (Å²) in [6.45, 7) is 1.21. The minimum Gasteiger partial charge on any atom is -0.391 e. The van der Waals surface area contributed by atoms with Crippen LogP contribution in [0.15, 0.2) is 23.0 Å². The van der Waals surface area contributed by atoms with E-state index in [2.05, 4.69) is 4.98 Å². The maximum atomic E-state index is 12.0. The van der Waals surface area contributed by atoms with E-state index >= 15 is 0 Å². The van der Waals surface area contributed by atoms with Gasteiger partial charge in [0.25, 0.3) is 5.69 Å². The summed E-state index contributed by atoms with van der Waals surface area (Å²) in [5.41, 5.74) is 0.351. The van der Waals surface area contributed by atoms with E-state index in [1.807, 2.05) is 0 Å². The number of benzene rings is 1. The Hall–Kier alpha value is -2.21. The Morgan fingerprint density at radius 1 is 1.47 bits per heavy atom. The summed E-state index contributed by atoms with van der Waals surface area (Å²) in [6, 6.07) is 4.28. The molecule has 0 fully saturated rings. The van der Waals surface area contributed by atoms with Crippen LogP contribution in [0.4, 0.5) is 5.69 Å². The van der Waals surface area contributed by atoms with E-state index in [4.69, 9.17) is 5.11 Å². The second kappa shape index (κ2) is 3.99. The van der Waals surface area contributed by atoms with Gasteiger partial charge in [0, 0.05) is 17.3 Å². The first-order valence-electron chi connectivity index (χ1n) is 4.96. The van der Waals surface area contributed by atoms with Crippen molar-refractivity contribution in [3.05, 3.63) is 49.8 Å². The van der Waals surface area contributed by atoms with Gasteiger partial charge in [0.1, 0.15) is 5.52 Å². The van der Waals surface area contributed by atoms with Crippen molar-refractivity contribution in [2.24, 2.45) is 0 Å². The summed E-state index contributed by atoms with van der Waals surface area (Å²) in [7, 11) is 0. The summed E-state index contributed by atoms with van der Waals surface area (Å²) < 4.78 is 0. The van der Waals surface area contributed by atoms with Crippen LogP contribution in [0.3, 0.4) is 0 Å². The number of non-ortho nitro benzene ring substituents is 1. The van der Waals surface area contributed by atoms with Crippen LogP contribution >= 0.6 is 0 Å². The standard InChI is InChI=1S/C11H10N2O4/c1-6-8(5-14)11(15)7-3-2-4-9(13(16)17)10(7)12-6/h2-4,14H,5H2,1H3,(H,12,15). The molecule has 17 heavy (non-hydrogen) atoms. The van der Waals surface area contributed by atoms with Crippen LogP contribution in [-0.4, -0.2) is 15.0 Å². The predicted molar refractivity (Wildman–Crippen MR) is 61.9 cm³/mol. The Morgan fingerprint density at radius 2 is 2.18 bits per heavy atom. The first kappa shape index (κ1) is 11.3. The van der Waals surface area contributed by atoms with E-state index in [-0.39, 0.29) is 34.2 Å². The number of nitro groups is 1. The molecular formula is C11H10N2O4. The van der Waals surface area contributed by atoms with Gasteiger partial charge in [-0.05, 0) is 13.0 Å².